The van der Waals surface area contributed by atoms with Crippen LogP contribution in [0.5, 0.6) is 0 Å². The number of hydrogen-bond acceptors (Lipinski definition) is 0. The van der Waals surface area contributed by atoms with E-state index in [-0.39, 0.29) is 13.5 Å². The summed E-state index contributed by atoms with van der Waals surface area (Å²) in [5.41, 5.74) is 1.09. The summed E-state index contributed by atoms with van der Waals surface area (Å²) in [5, 5.41) is 0. The van der Waals surface area contributed by atoms with Gasteiger partial charge in [0.05, 0.1) is 0 Å². The highest BCUT2D eigenvalue weighted by molar-refractivity contribution is 6.83. The molecule has 0 radical (unpaired) electrons. The highest BCUT2D eigenvalue weighted by atomic mass is 35.6. The fourth-order valence-electron chi connectivity index (χ4n) is 0. The number of rotatable bonds is 0. The summed E-state index contributed by atoms with van der Waals surface area (Å²) in [7, 11) is 0. The van der Waals surface area contributed by atoms with E-state index in [1.807, 2.05) is 0 Å². The van der Waals surface area contributed by atoms with Gasteiger partial charge >= 0.3 is 0 Å². The first-order valence-corrected chi connectivity index (χ1v) is 8.83. The molecule has 0 nitrogen and oxygen atoms in total. The minimum Gasteiger partial charge on any atom is -0.0904 e. The average Bonchev–Trinajstić information content (AvgIpc) is 2.14. The maximum Gasteiger partial charge on any atom is 0.266 e. The molecule has 0 saturated carbocycles. The third kappa shape index (κ3) is 99.9. The maximum atomic E-state index is 4.99. The van der Waals surface area contributed by atoms with Gasteiger partial charge in [0, 0.05) is 5.54 Å². The second-order valence-electron chi connectivity index (χ2n) is 1.60. The Hall–Kier alpha value is 3.54. The minimum absolute atomic E-state index is 0.0895. The zero-order valence-corrected chi connectivity index (χ0v) is 19.0. The zero-order chi connectivity index (χ0) is 17.5. The Morgan fingerprint density at radius 3 is 0.800 bits per heavy atom. The molecule has 0 heterocycles. The van der Waals surface area contributed by atoms with Crippen LogP contribution in [0.1, 0.15) is 0 Å². The van der Waals surface area contributed by atoms with Crippen LogP contribution in [0, 0.1) is 0 Å². The highest BCUT2D eigenvalue weighted by Crippen LogP contribution is 2.29. The van der Waals surface area contributed by atoms with Crippen LogP contribution in [0.25, 0.3) is 0 Å². The van der Waals surface area contributed by atoms with E-state index in [0.717, 1.165) is 5.54 Å². The number of alkyl halides is 7. The van der Waals surface area contributed by atoms with E-state index in [9.17, 15) is 0 Å². The molecule has 124 valence electrons. The molecule has 0 bridgehead atoms. The molecule has 0 aromatic rings. The topological polar surface area (TPSA) is 0 Å². The van der Waals surface area contributed by atoms with Crippen LogP contribution in [0.2, 0.25) is 0 Å². The predicted molar refractivity (Wildman–Crippen MR) is 104 cm³/mol. The summed E-state index contributed by atoms with van der Waals surface area (Å²) in [6, 6.07) is 0. The molecule has 0 amide bonds. The lowest BCUT2D eigenvalue weighted by Crippen LogP contribution is -1.81. The lowest BCUT2D eigenvalue weighted by molar-refractivity contribution is 1.76. The van der Waals surface area contributed by atoms with Gasteiger partial charge in [0.2, 0.25) is 0 Å². The maximum absolute atomic E-state index is 4.99. The molecule has 14 heteroatoms. The van der Waals surface area contributed by atoms with Crippen molar-refractivity contribution in [2.24, 2.45) is 0 Å². The quantitative estimate of drug-likeness (QED) is 0.254. The molecule has 0 unspecified atom stereocenters. The van der Waals surface area contributed by atoms with Crippen molar-refractivity contribution >= 4 is 162 Å². The van der Waals surface area contributed by atoms with Gasteiger partial charge in [-0.3, -0.25) is 0 Å². The number of halogens is 14. The molecular weight excluding hydrogens is 568 g/mol. The van der Waals surface area contributed by atoms with Crippen LogP contribution < -0.4 is 0 Å². The summed E-state index contributed by atoms with van der Waals surface area (Å²) >= 11 is 68.5. The van der Waals surface area contributed by atoms with E-state index in [2.05, 4.69) is 0 Å². The van der Waals surface area contributed by atoms with Crippen molar-refractivity contribution in [3.63, 3.8) is 0 Å². The second-order valence-corrected chi connectivity index (χ2v) is 10.1. The van der Waals surface area contributed by atoms with Crippen molar-refractivity contribution in [3.8, 4) is 0 Å². The molecule has 0 saturated heterocycles. The van der Waals surface area contributed by atoms with Gasteiger partial charge in [-0.15, -0.1) is 0 Å². The van der Waals surface area contributed by atoms with Crippen molar-refractivity contribution in [1.82, 2.24) is 0 Å². The Morgan fingerprint density at radius 1 is 0.700 bits per heavy atom. The van der Waals surface area contributed by atoms with E-state index in [4.69, 9.17) is 162 Å². The Morgan fingerprint density at radius 2 is 0.800 bits per heavy atom. The molecule has 20 heavy (non-hydrogen) atoms. The van der Waals surface area contributed by atoms with E-state index < -0.39 is 7.55 Å². The molecule has 0 fully saturated rings. The molecule has 0 N–H and O–H groups in total. The Balaban J connectivity index is -0.0000000862. The van der Waals surface area contributed by atoms with Crippen molar-refractivity contribution in [3.05, 3.63) is 19.0 Å². The SMILES string of the molecule is ClC(Cl)(Cl)Cl.ClC(Cl)=C(Cl)Cl.ClC(Cl)Cl.ClC=C(Cl)Cl. The van der Waals surface area contributed by atoms with Gasteiger partial charge in [-0.1, -0.05) is 162 Å². The van der Waals surface area contributed by atoms with Crippen LogP contribution in [-0.2, 0) is 0 Å². The Bertz CT molecular complexity index is 231. The van der Waals surface area contributed by atoms with E-state index in [1.165, 1.54) is 0 Å². The van der Waals surface area contributed by atoms with E-state index in [0.29, 0.717) is 0 Å². The second kappa shape index (κ2) is 20.6. The van der Waals surface area contributed by atoms with Gasteiger partial charge in [-0.2, -0.15) is 0 Å². The van der Waals surface area contributed by atoms with Crippen LogP contribution >= 0.6 is 162 Å². The molecule has 0 rings (SSSR count). The molecule has 0 aromatic carbocycles. The monoisotopic (exact) mass is 564 g/mol. The van der Waals surface area contributed by atoms with Gasteiger partial charge in [-0.25, -0.2) is 0 Å². The molecule has 0 atom stereocenters. The van der Waals surface area contributed by atoms with Crippen molar-refractivity contribution in [1.29, 1.82) is 0 Å². The smallest absolute Gasteiger partial charge is 0.0904 e. The number of hydrogen-bond donors (Lipinski definition) is 0. The van der Waals surface area contributed by atoms with Crippen LogP contribution in [0.4, 0.5) is 0 Å². The predicted octanol–water partition coefficient (Wildman–Crippen LogP) is 10.1. The molecule has 0 aliphatic rings. The third-order valence-corrected chi connectivity index (χ3v) is 2.03. The highest BCUT2D eigenvalue weighted by Gasteiger charge is 2.11. The molecule has 0 aliphatic heterocycles. The van der Waals surface area contributed by atoms with Crippen molar-refractivity contribution < 1.29 is 0 Å². The summed E-state index contributed by atoms with van der Waals surface area (Å²) in [6.45, 7) is 0. The van der Waals surface area contributed by atoms with Gasteiger partial charge in [0.15, 0.2) is 4.30 Å². The average molecular weight is 570 g/mol. The first-order valence-electron chi connectivity index (χ1n) is 3.30. The van der Waals surface area contributed by atoms with Crippen molar-refractivity contribution in [2.45, 2.75) is 7.55 Å². The summed E-state index contributed by atoms with van der Waals surface area (Å²) in [5.74, 6) is 0. The Kier molecular flexibility index (Phi) is 32.2. The Labute approximate surface area is 186 Å². The van der Waals surface area contributed by atoms with Gasteiger partial charge in [0.25, 0.3) is 3.25 Å². The molecule has 0 aliphatic carbocycles. The largest absolute Gasteiger partial charge is 0.266 e. The molecular formula is C6H2Cl14. The van der Waals surface area contributed by atoms with Crippen LogP contribution in [-0.4, -0.2) is 7.55 Å². The molecule has 0 spiro atoms. The van der Waals surface area contributed by atoms with Crippen LogP contribution in [0.3, 0.4) is 0 Å². The third-order valence-electron chi connectivity index (χ3n) is 0.225. The summed E-state index contributed by atoms with van der Waals surface area (Å²) < 4.78 is -2.47. The van der Waals surface area contributed by atoms with Gasteiger partial charge in [-0.05, 0) is 0 Å². The van der Waals surface area contributed by atoms with E-state index >= 15 is 0 Å². The first kappa shape index (κ1) is 31.3. The fourth-order valence-corrected chi connectivity index (χ4v) is 0. The van der Waals surface area contributed by atoms with Crippen LogP contribution in [0.15, 0.2) is 19.0 Å². The summed E-state index contributed by atoms with van der Waals surface area (Å²) in [4.78, 5) is 0. The standard InChI is InChI=1S/C2Cl4.C2HCl3.CCl4.CHCl3/c3-1(4)2(5)6;3-1-2(4)5;2-1(3,4)5;2-1(3)4/h;1H;;1H. The van der Waals surface area contributed by atoms with Crippen molar-refractivity contribution in [2.75, 3.05) is 0 Å². The fraction of sp³-hybridized carbons (Fsp3) is 0.333. The summed E-state index contributed by atoms with van der Waals surface area (Å²) in [6.07, 6.45) is 0. The van der Waals surface area contributed by atoms with Gasteiger partial charge < -0.3 is 0 Å². The molecule has 0 aromatic heterocycles. The first-order chi connectivity index (χ1) is 8.64. The normalized spacial score (nSPS) is 8.95. The minimum atomic E-state index is -1.61. The zero-order valence-electron chi connectivity index (χ0n) is 8.45. The lowest BCUT2D eigenvalue weighted by atomic mass is 11.2. The van der Waals surface area contributed by atoms with E-state index in [1.54, 1.807) is 0 Å². The van der Waals surface area contributed by atoms with Gasteiger partial charge in [0.1, 0.15) is 13.5 Å². The lowest BCUT2D eigenvalue weighted by Gasteiger charge is -1.91.